The first-order valence-corrected chi connectivity index (χ1v) is 8.97. The van der Waals surface area contributed by atoms with Crippen LogP contribution in [0.25, 0.3) is 5.78 Å². The van der Waals surface area contributed by atoms with Gasteiger partial charge in [-0.15, -0.1) is 5.10 Å². The van der Waals surface area contributed by atoms with Gasteiger partial charge in [0.25, 0.3) is 5.78 Å². The van der Waals surface area contributed by atoms with Gasteiger partial charge in [-0.05, 0) is 25.8 Å². The number of aromatic nitrogens is 4. The number of carbonyl (C=O) groups is 1. The highest BCUT2D eigenvalue weighted by atomic mass is 32.2. The van der Waals surface area contributed by atoms with Gasteiger partial charge in [-0.1, -0.05) is 31.0 Å². The van der Waals surface area contributed by atoms with Crippen molar-refractivity contribution in [1.29, 1.82) is 5.26 Å². The molecule has 2 aromatic rings. The van der Waals surface area contributed by atoms with Crippen LogP contribution in [0.3, 0.4) is 0 Å². The molecule has 1 amide bonds. The first kappa shape index (κ1) is 16.7. The normalized spacial score (nSPS) is 18.0. The third-order valence-corrected chi connectivity index (χ3v) is 5.53. The number of rotatable bonds is 4. The lowest BCUT2D eigenvalue weighted by Gasteiger charge is -2.39. The minimum absolute atomic E-state index is 0.0599. The second-order valence-corrected chi connectivity index (χ2v) is 7.43. The van der Waals surface area contributed by atoms with E-state index in [4.69, 9.17) is 0 Å². The number of hydrogen-bond donors (Lipinski definition) is 0. The fraction of sp³-hybridized carbons (Fsp3) is 0.562. The molecule has 0 unspecified atom stereocenters. The summed E-state index contributed by atoms with van der Waals surface area (Å²) in [6.45, 7) is 1.83. The van der Waals surface area contributed by atoms with Gasteiger partial charge < -0.3 is 4.90 Å². The van der Waals surface area contributed by atoms with E-state index in [0.29, 0.717) is 10.9 Å². The van der Waals surface area contributed by atoms with Crippen molar-refractivity contribution in [1.82, 2.24) is 24.5 Å². The van der Waals surface area contributed by atoms with Gasteiger partial charge in [0.1, 0.15) is 5.54 Å². The Labute approximate surface area is 145 Å². The highest BCUT2D eigenvalue weighted by molar-refractivity contribution is 8.00. The van der Waals surface area contributed by atoms with Crippen molar-refractivity contribution in [2.75, 3.05) is 7.05 Å². The van der Waals surface area contributed by atoms with Crippen LogP contribution in [-0.4, -0.2) is 48.2 Å². The summed E-state index contributed by atoms with van der Waals surface area (Å²) in [5.74, 6) is 0.448. The van der Waals surface area contributed by atoms with E-state index in [-0.39, 0.29) is 11.2 Å². The van der Waals surface area contributed by atoms with Crippen molar-refractivity contribution < 1.29 is 4.79 Å². The Bertz CT molecular complexity index is 743. The zero-order valence-corrected chi connectivity index (χ0v) is 14.7. The van der Waals surface area contributed by atoms with Gasteiger partial charge in [-0.3, -0.25) is 4.79 Å². The smallest absolute Gasteiger partial charge is 0.253 e. The van der Waals surface area contributed by atoms with E-state index in [0.717, 1.165) is 32.1 Å². The van der Waals surface area contributed by atoms with Crippen LogP contribution in [0.5, 0.6) is 0 Å². The molecule has 126 valence electrons. The molecule has 0 radical (unpaired) electrons. The number of amides is 1. The first-order chi connectivity index (χ1) is 11.6. The van der Waals surface area contributed by atoms with Crippen LogP contribution in [0.15, 0.2) is 23.6 Å². The monoisotopic (exact) mass is 344 g/mol. The van der Waals surface area contributed by atoms with E-state index in [9.17, 15) is 10.1 Å². The lowest BCUT2D eigenvalue weighted by Crippen LogP contribution is -2.52. The Morgan fingerprint density at radius 1 is 1.46 bits per heavy atom. The molecule has 1 atom stereocenters. The van der Waals surface area contributed by atoms with Gasteiger partial charge in [0.2, 0.25) is 11.1 Å². The van der Waals surface area contributed by atoms with Crippen LogP contribution in [0.2, 0.25) is 0 Å². The molecule has 1 fully saturated rings. The van der Waals surface area contributed by atoms with Crippen LogP contribution < -0.4 is 0 Å². The predicted molar refractivity (Wildman–Crippen MR) is 90.3 cm³/mol. The van der Waals surface area contributed by atoms with Gasteiger partial charge in [0, 0.05) is 19.4 Å². The SMILES string of the molecule is C[C@H](Sc1nc2ncccn2n1)C(=O)N(C)C1(C#N)CCCCC1. The molecule has 1 aliphatic carbocycles. The zero-order valence-electron chi connectivity index (χ0n) is 13.8. The molecule has 1 aliphatic rings. The molecular weight excluding hydrogens is 324 g/mol. The summed E-state index contributed by atoms with van der Waals surface area (Å²) in [6.07, 6.45) is 8.04. The van der Waals surface area contributed by atoms with Gasteiger partial charge >= 0.3 is 0 Å². The molecule has 0 aromatic carbocycles. The highest BCUT2D eigenvalue weighted by Crippen LogP contribution is 2.34. The maximum atomic E-state index is 12.8. The van der Waals surface area contributed by atoms with E-state index < -0.39 is 5.54 Å². The minimum atomic E-state index is -0.669. The molecule has 0 N–H and O–H groups in total. The molecule has 0 bridgehead atoms. The van der Waals surface area contributed by atoms with Gasteiger partial charge in [0.15, 0.2) is 0 Å². The van der Waals surface area contributed by atoms with Crippen LogP contribution in [0.1, 0.15) is 39.0 Å². The maximum Gasteiger partial charge on any atom is 0.253 e. The quantitative estimate of drug-likeness (QED) is 0.791. The lowest BCUT2D eigenvalue weighted by molar-refractivity contribution is -0.133. The Morgan fingerprint density at radius 3 is 2.88 bits per heavy atom. The molecule has 7 nitrogen and oxygen atoms in total. The van der Waals surface area contributed by atoms with Crippen LogP contribution in [0.4, 0.5) is 0 Å². The molecular formula is C16H20N6OS. The second kappa shape index (κ2) is 6.77. The third kappa shape index (κ3) is 3.08. The van der Waals surface area contributed by atoms with Gasteiger partial charge in [-0.25, -0.2) is 9.50 Å². The minimum Gasteiger partial charge on any atom is -0.326 e. The standard InChI is InChI=1S/C16H20N6OS/c1-12(24-15-19-14-18-9-6-10-22(14)20-15)13(23)21(2)16(11-17)7-4-3-5-8-16/h6,9-10,12H,3-5,7-8H2,1-2H3/t12-/m0/s1. The summed E-state index contributed by atoms with van der Waals surface area (Å²) in [7, 11) is 1.74. The van der Waals surface area contributed by atoms with E-state index in [2.05, 4.69) is 21.1 Å². The summed E-state index contributed by atoms with van der Waals surface area (Å²) in [6, 6.07) is 4.16. The Morgan fingerprint density at radius 2 is 2.21 bits per heavy atom. The molecule has 8 heteroatoms. The number of nitriles is 1. The number of fused-ring (bicyclic) bond motifs is 1. The lowest BCUT2D eigenvalue weighted by atomic mass is 9.81. The summed E-state index contributed by atoms with van der Waals surface area (Å²) in [5.41, 5.74) is -0.669. The van der Waals surface area contributed by atoms with Crippen LogP contribution in [0, 0.1) is 11.3 Å². The molecule has 2 heterocycles. The van der Waals surface area contributed by atoms with E-state index in [1.165, 1.54) is 11.8 Å². The van der Waals surface area contributed by atoms with Gasteiger partial charge in [-0.2, -0.15) is 10.2 Å². The highest BCUT2D eigenvalue weighted by Gasteiger charge is 2.40. The van der Waals surface area contributed by atoms with Gasteiger partial charge in [0.05, 0.1) is 11.3 Å². The summed E-state index contributed by atoms with van der Waals surface area (Å²) < 4.78 is 1.58. The fourth-order valence-electron chi connectivity index (χ4n) is 3.11. The third-order valence-electron chi connectivity index (χ3n) is 4.59. The van der Waals surface area contributed by atoms with Crippen molar-refractivity contribution in [3.8, 4) is 6.07 Å². The Hall–Kier alpha value is -2.14. The zero-order chi connectivity index (χ0) is 17.2. The molecule has 2 aromatic heterocycles. The molecule has 0 aliphatic heterocycles. The van der Waals surface area contributed by atoms with Crippen LogP contribution in [-0.2, 0) is 4.79 Å². The van der Waals surface area contributed by atoms with Crippen molar-refractivity contribution in [2.45, 2.75) is 55.0 Å². The summed E-state index contributed by atoms with van der Waals surface area (Å²) >= 11 is 1.30. The number of nitrogens with zero attached hydrogens (tertiary/aromatic N) is 6. The largest absolute Gasteiger partial charge is 0.326 e. The van der Waals surface area contributed by atoms with Crippen molar-refractivity contribution in [2.24, 2.45) is 0 Å². The average Bonchev–Trinajstić information content (AvgIpc) is 3.03. The molecule has 0 saturated heterocycles. The van der Waals surface area contributed by atoms with E-state index >= 15 is 0 Å². The second-order valence-electron chi connectivity index (χ2n) is 6.12. The summed E-state index contributed by atoms with van der Waals surface area (Å²) in [4.78, 5) is 22.9. The van der Waals surface area contributed by atoms with Crippen molar-refractivity contribution in [3.05, 3.63) is 18.5 Å². The molecule has 1 saturated carbocycles. The number of hydrogen-bond acceptors (Lipinski definition) is 6. The predicted octanol–water partition coefficient (Wildman–Crippen LogP) is 2.29. The fourth-order valence-corrected chi connectivity index (χ4v) is 3.96. The average molecular weight is 344 g/mol. The van der Waals surface area contributed by atoms with Crippen molar-refractivity contribution in [3.63, 3.8) is 0 Å². The van der Waals surface area contributed by atoms with E-state index in [1.807, 2.05) is 6.92 Å². The summed E-state index contributed by atoms with van der Waals surface area (Å²) in [5, 5.41) is 14.1. The molecule has 0 spiro atoms. The Kier molecular flexibility index (Phi) is 4.71. The first-order valence-electron chi connectivity index (χ1n) is 8.09. The Balaban J connectivity index is 1.72. The van der Waals surface area contributed by atoms with Crippen molar-refractivity contribution >= 4 is 23.4 Å². The molecule has 24 heavy (non-hydrogen) atoms. The topological polar surface area (TPSA) is 87.2 Å². The van der Waals surface area contributed by atoms with E-state index in [1.54, 1.807) is 34.9 Å². The number of carbonyl (C=O) groups excluding carboxylic acids is 1. The maximum absolute atomic E-state index is 12.8. The van der Waals surface area contributed by atoms with Crippen LogP contribution >= 0.6 is 11.8 Å². The molecule has 3 rings (SSSR count). The number of thioether (sulfide) groups is 1.